The minimum absolute atomic E-state index is 0.0886. The average molecular weight is 420 g/mol. The zero-order chi connectivity index (χ0) is 22.0. The normalized spacial score (nSPS) is 16.0. The largest absolute Gasteiger partial charge is 0.312 e. The summed E-state index contributed by atoms with van der Waals surface area (Å²) < 4.78 is 1.42. The van der Waals surface area contributed by atoms with Gasteiger partial charge in [0.1, 0.15) is 5.82 Å². The van der Waals surface area contributed by atoms with Crippen LogP contribution in [0.3, 0.4) is 0 Å². The molecule has 2 aromatic heterocycles. The van der Waals surface area contributed by atoms with E-state index in [1.54, 1.807) is 17.9 Å². The van der Waals surface area contributed by atoms with Crippen molar-refractivity contribution >= 4 is 23.3 Å². The van der Waals surface area contributed by atoms with Gasteiger partial charge in [-0.25, -0.2) is 4.98 Å². The molecule has 0 aliphatic carbocycles. The van der Waals surface area contributed by atoms with Crippen LogP contribution in [-0.2, 0) is 16.0 Å². The number of benzene rings is 1. The lowest BCUT2D eigenvalue weighted by Crippen LogP contribution is -2.28. The molecule has 9 heteroatoms. The van der Waals surface area contributed by atoms with Gasteiger partial charge in [-0.05, 0) is 25.5 Å². The molecule has 160 valence electrons. The molecule has 3 aromatic rings. The molecule has 0 saturated carbocycles. The Morgan fingerprint density at radius 1 is 1.23 bits per heavy atom. The summed E-state index contributed by atoms with van der Waals surface area (Å²) in [5.74, 6) is -0.221. The second kappa shape index (κ2) is 8.55. The summed E-state index contributed by atoms with van der Waals surface area (Å²) in [5.41, 5.74) is 1.82. The van der Waals surface area contributed by atoms with Crippen LogP contribution in [-0.4, -0.2) is 38.1 Å². The molecule has 2 N–H and O–H groups in total. The number of hydrogen-bond donors (Lipinski definition) is 2. The molecule has 1 fully saturated rings. The molecule has 1 aliphatic heterocycles. The first kappa shape index (κ1) is 20.5. The number of anilines is 2. The number of para-hydroxylation sites is 1. The number of rotatable bonds is 6. The molecule has 2 amide bonds. The third-order valence-electron chi connectivity index (χ3n) is 5.14. The SMILES string of the molecule is CCCc1cc(=O)[nH]c(-n2nc(C)cc2NC(=O)[C@H]2CC(=O)N(c3ccccc3)C2)n1. The Morgan fingerprint density at radius 2 is 2.00 bits per heavy atom. The second-order valence-corrected chi connectivity index (χ2v) is 7.62. The number of carbonyl (C=O) groups excluding carboxylic acids is 2. The molecular formula is C22H24N6O3. The van der Waals surface area contributed by atoms with Crippen LogP contribution in [0.2, 0.25) is 0 Å². The Balaban J connectivity index is 1.55. The third-order valence-corrected chi connectivity index (χ3v) is 5.14. The van der Waals surface area contributed by atoms with Crippen molar-refractivity contribution in [3.63, 3.8) is 0 Å². The molecule has 1 atom stereocenters. The van der Waals surface area contributed by atoms with Gasteiger partial charge in [0.2, 0.25) is 17.8 Å². The number of amides is 2. The van der Waals surface area contributed by atoms with Gasteiger partial charge in [0.25, 0.3) is 5.56 Å². The van der Waals surface area contributed by atoms with Crippen molar-refractivity contribution in [2.75, 3.05) is 16.8 Å². The van der Waals surface area contributed by atoms with E-state index < -0.39 is 5.92 Å². The monoisotopic (exact) mass is 420 g/mol. The minimum Gasteiger partial charge on any atom is -0.312 e. The average Bonchev–Trinajstić information content (AvgIpc) is 3.31. The van der Waals surface area contributed by atoms with Gasteiger partial charge < -0.3 is 10.2 Å². The lowest BCUT2D eigenvalue weighted by molar-refractivity contribution is -0.122. The van der Waals surface area contributed by atoms with E-state index in [2.05, 4.69) is 20.4 Å². The third kappa shape index (κ3) is 4.40. The lowest BCUT2D eigenvalue weighted by Gasteiger charge is -2.16. The van der Waals surface area contributed by atoms with Crippen LogP contribution >= 0.6 is 0 Å². The van der Waals surface area contributed by atoms with Crippen molar-refractivity contribution in [2.24, 2.45) is 5.92 Å². The van der Waals surface area contributed by atoms with Crippen LogP contribution in [0, 0.1) is 12.8 Å². The molecular weight excluding hydrogens is 396 g/mol. The van der Waals surface area contributed by atoms with Crippen molar-refractivity contribution in [1.82, 2.24) is 19.7 Å². The highest BCUT2D eigenvalue weighted by atomic mass is 16.2. The van der Waals surface area contributed by atoms with E-state index in [9.17, 15) is 14.4 Å². The number of aromatic amines is 1. The van der Waals surface area contributed by atoms with Gasteiger partial charge in [0, 0.05) is 36.5 Å². The molecule has 9 nitrogen and oxygen atoms in total. The fourth-order valence-corrected chi connectivity index (χ4v) is 3.70. The van der Waals surface area contributed by atoms with Crippen LogP contribution in [0.4, 0.5) is 11.5 Å². The molecule has 4 rings (SSSR count). The molecule has 1 aliphatic rings. The van der Waals surface area contributed by atoms with Crippen molar-refractivity contribution in [3.8, 4) is 5.95 Å². The summed E-state index contributed by atoms with van der Waals surface area (Å²) in [6, 6.07) is 12.5. The van der Waals surface area contributed by atoms with Crippen molar-refractivity contribution < 1.29 is 9.59 Å². The Hall–Kier alpha value is -3.75. The molecule has 0 spiro atoms. The molecule has 0 radical (unpaired) electrons. The maximum atomic E-state index is 12.9. The maximum absolute atomic E-state index is 12.9. The summed E-state index contributed by atoms with van der Waals surface area (Å²) in [7, 11) is 0. The number of nitrogens with zero attached hydrogens (tertiary/aromatic N) is 4. The van der Waals surface area contributed by atoms with Crippen molar-refractivity contribution in [2.45, 2.75) is 33.1 Å². The molecule has 1 aromatic carbocycles. The van der Waals surface area contributed by atoms with Crippen molar-refractivity contribution in [3.05, 3.63) is 64.2 Å². The summed E-state index contributed by atoms with van der Waals surface area (Å²) in [6.07, 6.45) is 1.65. The van der Waals surface area contributed by atoms with Gasteiger partial charge in [-0.1, -0.05) is 31.5 Å². The number of aryl methyl sites for hydroxylation is 2. The van der Waals surface area contributed by atoms with Crippen LogP contribution in [0.25, 0.3) is 5.95 Å². The lowest BCUT2D eigenvalue weighted by atomic mass is 10.1. The quantitative estimate of drug-likeness (QED) is 0.635. The number of hydrogen-bond acceptors (Lipinski definition) is 5. The van der Waals surface area contributed by atoms with E-state index in [0.717, 1.165) is 12.1 Å². The molecule has 3 heterocycles. The smallest absolute Gasteiger partial charge is 0.252 e. The van der Waals surface area contributed by atoms with E-state index in [0.29, 0.717) is 30.2 Å². The van der Waals surface area contributed by atoms with Gasteiger partial charge in [0.05, 0.1) is 11.6 Å². The van der Waals surface area contributed by atoms with E-state index in [1.807, 2.05) is 37.3 Å². The van der Waals surface area contributed by atoms with E-state index in [4.69, 9.17) is 0 Å². The highest BCUT2D eigenvalue weighted by molar-refractivity contribution is 6.03. The van der Waals surface area contributed by atoms with Crippen molar-refractivity contribution in [1.29, 1.82) is 0 Å². The summed E-state index contributed by atoms with van der Waals surface area (Å²) >= 11 is 0. The van der Waals surface area contributed by atoms with E-state index >= 15 is 0 Å². The highest BCUT2D eigenvalue weighted by Gasteiger charge is 2.35. The predicted octanol–water partition coefficient (Wildman–Crippen LogP) is 2.21. The molecule has 0 bridgehead atoms. The first-order chi connectivity index (χ1) is 14.9. The number of H-pyrrole nitrogens is 1. The van der Waals surface area contributed by atoms with Crippen LogP contribution in [0.5, 0.6) is 0 Å². The molecule has 0 unspecified atom stereocenters. The topological polar surface area (TPSA) is 113 Å². The second-order valence-electron chi connectivity index (χ2n) is 7.62. The zero-order valence-corrected chi connectivity index (χ0v) is 17.5. The van der Waals surface area contributed by atoms with Gasteiger partial charge in [-0.2, -0.15) is 9.78 Å². The first-order valence-electron chi connectivity index (χ1n) is 10.3. The maximum Gasteiger partial charge on any atom is 0.252 e. The standard InChI is InChI=1S/C22H24N6O3/c1-3-7-16-12-19(29)25-22(23-16)28-18(10-14(2)26-28)24-21(31)15-11-20(30)27(13-15)17-8-5-4-6-9-17/h4-6,8-10,12,15H,3,7,11,13H2,1-2H3,(H,24,31)(H,23,25,29)/t15-/m0/s1. The number of aromatic nitrogens is 4. The van der Waals surface area contributed by atoms with Crippen LogP contribution < -0.4 is 15.8 Å². The molecule has 31 heavy (non-hydrogen) atoms. The van der Waals surface area contributed by atoms with Crippen LogP contribution in [0.15, 0.2) is 47.3 Å². The van der Waals surface area contributed by atoms with Crippen LogP contribution in [0.1, 0.15) is 31.2 Å². The van der Waals surface area contributed by atoms with Gasteiger partial charge in [0.15, 0.2) is 0 Å². The summed E-state index contributed by atoms with van der Waals surface area (Å²) in [6.45, 7) is 4.10. The minimum atomic E-state index is -0.491. The Bertz CT molecular complexity index is 1170. The summed E-state index contributed by atoms with van der Waals surface area (Å²) in [4.78, 5) is 46.2. The van der Waals surface area contributed by atoms with Gasteiger partial charge in [-0.3, -0.25) is 19.4 Å². The molecule has 1 saturated heterocycles. The summed E-state index contributed by atoms with van der Waals surface area (Å²) in [5, 5.41) is 7.23. The van der Waals surface area contributed by atoms with Gasteiger partial charge >= 0.3 is 0 Å². The first-order valence-corrected chi connectivity index (χ1v) is 10.3. The number of carbonyl (C=O) groups is 2. The van der Waals surface area contributed by atoms with E-state index in [1.165, 1.54) is 10.7 Å². The number of nitrogens with one attached hydrogen (secondary N) is 2. The predicted molar refractivity (Wildman–Crippen MR) is 116 cm³/mol. The fourth-order valence-electron chi connectivity index (χ4n) is 3.70. The van der Waals surface area contributed by atoms with E-state index in [-0.39, 0.29) is 29.7 Å². The fraction of sp³-hybridized carbons (Fsp3) is 0.318. The Kier molecular flexibility index (Phi) is 5.66. The Labute approximate surface area is 179 Å². The Morgan fingerprint density at radius 3 is 2.74 bits per heavy atom. The highest BCUT2D eigenvalue weighted by Crippen LogP contribution is 2.26. The zero-order valence-electron chi connectivity index (χ0n) is 17.5. The van der Waals surface area contributed by atoms with Gasteiger partial charge in [-0.15, -0.1) is 0 Å².